The third-order valence-electron chi connectivity index (χ3n) is 4.42. The van der Waals surface area contributed by atoms with Crippen LogP contribution in [0.5, 0.6) is 11.5 Å². The zero-order valence-corrected chi connectivity index (χ0v) is 18.3. The quantitative estimate of drug-likeness (QED) is 0.382. The molecular formula is C21H16ClF3N2O4S. The molecule has 11 heteroatoms. The van der Waals surface area contributed by atoms with Gasteiger partial charge in [0, 0.05) is 6.07 Å². The summed E-state index contributed by atoms with van der Waals surface area (Å²) >= 11 is 11.3. The minimum atomic E-state index is -4.62. The summed E-state index contributed by atoms with van der Waals surface area (Å²) in [6, 6.07) is 7.00. The van der Waals surface area contributed by atoms with Crippen molar-refractivity contribution in [3.8, 4) is 11.5 Å². The van der Waals surface area contributed by atoms with Crippen molar-refractivity contribution >= 4 is 52.5 Å². The van der Waals surface area contributed by atoms with E-state index in [9.17, 15) is 22.8 Å². The summed E-state index contributed by atoms with van der Waals surface area (Å²) in [5.41, 5.74) is -1.21. The fourth-order valence-electron chi connectivity index (χ4n) is 2.96. The number of nitrogens with zero attached hydrogens (tertiary/aromatic N) is 1. The molecule has 0 aromatic heterocycles. The van der Waals surface area contributed by atoms with Crippen molar-refractivity contribution < 1.29 is 32.2 Å². The fraction of sp³-hybridized carbons (Fsp3) is 0.190. The van der Waals surface area contributed by atoms with E-state index in [2.05, 4.69) is 5.32 Å². The number of carbonyl (C=O) groups is 2. The van der Waals surface area contributed by atoms with Crippen LogP contribution in [0.25, 0.3) is 6.08 Å². The van der Waals surface area contributed by atoms with Crippen LogP contribution < -0.4 is 19.7 Å². The maximum absolute atomic E-state index is 13.1. The minimum Gasteiger partial charge on any atom is -0.493 e. The molecule has 3 rings (SSSR count). The number of hydrogen-bond acceptors (Lipinski definition) is 5. The highest BCUT2D eigenvalue weighted by Gasteiger charge is 2.36. The second-order valence-electron chi connectivity index (χ2n) is 6.46. The molecular weight excluding hydrogens is 469 g/mol. The van der Waals surface area contributed by atoms with Crippen LogP contribution in [0.1, 0.15) is 18.1 Å². The number of alkyl halides is 3. The predicted molar refractivity (Wildman–Crippen MR) is 117 cm³/mol. The van der Waals surface area contributed by atoms with Gasteiger partial charge in [0.25, 0.3) is 11.8 Å². The molecule has 2 amide bonds. The monoisotopic (exact) mass is 484 g/mol. The number of methoxy groups -OCH3 is 1. The van der Waals surface area contributed by atoms with Crippen molar-refractivity contribution in [2.24, 2.45) is 0 Å². The van der Waals surface area contributed by atoms with Crippen molar-refractivity contribution in [3.05, 3.63) is 58.1 Å². The summed E-state index contributed by atoms with van der Waals surface area (Å²) in [5.74, 6) is -1.03. The summed E-state index contributed by atoms with van der Waals surface area (Å²) in [5, 5.41) is 2.14. The van der Waals surface area contributed by atoms with Crippen molar-refractivity contribution in [2.75, 3.05) is 18.6 Å². The average molecular weight is 485 g/mol. The normalized spacial score (nSPS) is 15.8. The predicted octanol–water partition coefficient (Wildman–Crippen LogP) is 4.60. The Kier molecular flexibility index (Phi) is 6.75. The topological polar surface area (TPSA) is 67.9 Å². The lowest BCUT2D eigenvalue weighted by Gasteiger charge is -2.29. The van der Waals surface area contributed by atoms with Gasteiger partial charge in [-0.2, -0.15) is 13.2 Å². The molecule has 0 aliphatic carbocycles. The molecule has 0 spiro atoms. The van der Waals surface area contributed by atoms with Gasteiger partial charge in [-0.1, -0.05) is 17.7 Å². The Bertz CT molecular complexity index is 1130. The molecule has 1 N–H and O–H groups in total. The van der Waals surface area contributed by atoms with Crippen LogP contribution in [0.15, 0.2) is 42.0 Å². The zero-order chi connectivity index (χ0) is 23.6. The molecule has 0 bridgehead atoms. The summed E-state index contributed by atoms with van der Waals surface area (Å²) in [4.78, 5) is 26.4. The number of benzene rings is 2. The van der Waals surface area contributed by atoms with Crippen molar-refractivity contribution in [1.29, 1.82) is 0 Å². The van der Waals surface area contributed by atoms with Gasteiger partial charge in [-0.25, -0.2) is 0 Å². The van der Waals surface area contributed by atoms with E-state index < -0.39 is 23.6 Å². The smallest absolute Gasteiger partial charge is 0.416 e. The van der Waals surface area contributed by atoms with E-state index in [1.807, 2.05) is 0 Å². The number of anilines is 1. The van der Waals surface area contributed by atoms with Gasteiger partial charge in [0.05, 0.1) is 30.0 Å². The van der Waals surface area contributed by atoms with Gasteiger partial charge in [0.1, 0.15) is 5.57 Å². The highest BCUT2D eigenvalue weighted by molar-refractivity contribution is 7.80. The first kappa shape index (κ1) is 23.6. The number of carbonyl (C=O) groups excluding carboxylic acids is 2. The number of ether oxygens (including phenoxy) is 2. The van der Waals surface area contributed by atoms with Gasteiger partial charge in [0.15, 0.2) is 16.6 Å². The van der Waals surface area contributed by atoms with E-state index in [1.54, 1.807) is 6.92 Å². The van der Waals surface area contributed by atoms with E-state index in [4.69, 9.17) is 33.3 Å². The summed E-state index contributed by atoms with van der Waals surface area (Å²) in [6.45, 7) is 2.09. The SMILES string of the molecule is CCOc1cc(/C=C2\C(=O)NC(=S)N(c3cccc(C(F)(F)F)c3)C2=O)c(Cl)cc1OC. The van der Waals surface area contributed by atoms with Crippen molar-refractivity contribution in [3.63, 3.8) is 0 Å². The largest absolute Gasteiger partial charge is 0.493 e. The second kappa shape index (κ2) is 9.17. The van der Waals surface area contributed by atoms with E-state index >= 15 is 0 Å². The second-order valence-corrected chi connectivity index (χ2v) is 7.26. The van der Waals surface area contributed by atoms with Gasteiger partial charge >= 0.3 is 6.18 Å². The van der Waals surface area contributed by atoms with Crippen LogP contribution in [-0.4, -0.2) is 30.6 Å². The lowest BCUT2D eigenvalue weighted by atomic mass is 10.1. The van der Waals surface area contributed by atoms with E-state index in [0.717, 1.165) is 23.1 Å². The van der Waals surface area contributed by atoms with Crippen LogP contribution in [0.2, 0.25) is 5.02 Å². The Morgan fingerprint density at radius 1 is 1.19 bits per heavy atom. The first-order valence-electron chi connectivity index (χ1n) is 9.15. The third-order valence-corrected chi connectivity index (χ3v) is 5.03. The van der Waals surface area contributed by atoms with Crippen LogP contribution in [0.4, 0.5) is 18.9 Å². The molecule has 32 heavy (non-hydrogen) atoms. The van der Waals surface area contributed by atoms with Gasteiger partial charge < -0.3 is 9.47 Å². The molecule has 6 nitrogen and oxygen atoms in total. The Labute approximate surface area is 191 Å². The molecule has 0 unspecified atom stereocenters. The Morgan fingerprint density at radius 3 is 2.53 bits per heavy atom. The number of thiocarbonyl (C=S) groups is 1. The van der Waals surface area contributed by atoms with Gasteiger partial charge in [-0.15, -0.1) is 0 Å². The zero-order valence-electron chi connectivity index (χ0n) is 16.7. The molecule has 2 aromatic rings. The minimum absolute atomic E-state index is 0.142. The van der Waals surface area contributed by atoms with Crippen molar-refractivity contribution in [2.45, 2.75) is 13.1 Å². The van der Waals surface area contributed by atoms with E-state index in [-0.39, 0.29) is 27.0 Å². The summed E-state index contributed by atoms with van der Waals surface area (Å²) in [6.07, 6.45) is -3.41. The van der Waals surface area contributed by atoms with E-state index in [1.165, 1.54) is 31.4 Å². The first-order valence-corrected chi connectivity index (χ1v) is 9.94. The Morgan fingerprint density at radius 2 is 1.91 bits per heavy atom. The maximum Gasteiger partial charge on any atom is 0.416 e. The maximum atomic E-state index is 13.1. The Balaban J connectivity index is 2.06. The third kappa shape index (κ3) is 4.71. The van der Waals surface area contributed by atoms with Crippen molar-refractivity contribution in [1.82, 2.24) is 5.32 Å². The van der Waals surface area contributed by atoms with Crippen LogP contribution in [0.3, 0.4) is 0 Å². The summed E-state index contributed by atoms with van der Waals surface area (Å²) < 4.78 is 50.0. The molecule has 1 saturated heterocycles. The van der Waals surface area contributed by atoms with Gasteiger partial charge in [-0.05, 0) is 55.0 Å². The molecule has 0 atom stereocenters. The highest BCUT2D eigenvalue weighted by atomic mass is 35.5. The van der Waals surface area contributed by atoms with Gasteiger partial charge in [-0.3, -0.25) is 19.8 Å². The Hall–Kier alpha value is -3.11. The lowest BCUT2D eigenvalue weighted by Crippen LogP contribution is -2.54. The lowest BCUT2D eigenvalue weighted by molar-refractivity contribution is -0.137. The van der Waals surface area contributed by atoms with Crippen LogP contribution in [-0.2, 0) is 15.8 Å². The number of nitrogens with one attached hydrogen (secondary N) is 1. The molecule has 1 heterocycles. The molecule has 2 aromatic carbocycles. The first-order chi connectivity index (χ1) is 15.1. The number of halogens is 4. The molecule has 0 radical (unpaired) electrons. The fourth-order valence-corrected chi connectivity index (χ4v) is 3.45. The van der Waals surface area contributed by atoms with Gasteiger partial charge in [0.2, 0.25) is 0 Å². The molecule has 1 aliphatic heterocycles. The standard InChI is InChI=1S/C21H16ClF3N2O4S/c1-3-31-17-8-11(15(22)10-16(17)30-2)7-14-18(28)26-20(32)27(19(14)29)13-6-4-5-12(9-13)21(23,24)25/h4-10H,3H2,1-2H3,(H,26,28,32)/b14-7+. The van der Waals surface area contributed by atoms with Crippen LogP contribution in [0, 0.1) is 0 Å². The highest BCUT2D eigenvalue weighted by Crippen LogP contribution is 2.36. The molecule has 1 fully saturated rings. The van der Waals surface area contributed by atoms with Crippen LogP contribution >= 0.6 is 23.8 Å². The molecule has 1 aliphatic rings. The average Bonchev–Trinajstić information content (AvgIpc) is 2.72. The number of hydrogen-bond donors (Lipinski definition) is 1. The number of rotatable bonds is 5. The number of amides is 2. The molecule has 168 valence electrons. The summed E-state index contributed by atoms with van der Waals surface area (Å²) in [7, 11) is 1.43. The molecule has 0 saturated carbocycles. The van der Waals surface area contributed by atoms with E-state index in [0.29, 0.717) is 18.1 Å².